The van der Waals surface area contributed by atoms with Crippen molar-refractivity contribution in [3.8, 4) is 0 Å². The van der Waals surface area contributed by atoms with E-state index in [9.17, 15) is 5.11 Å². The second-order valence-electron chi connectivity index (χ2n) is 5.98. The van der Waals surface area contributed by atoms with Crippen LogP contribution in [0.1, 0.15) is 35.4 Å². The zero-order valence-electron chi connectivity index (χ0n) is 13.8. The van der Waals surface area contributed by atoms with Crippen molar-refractivity contribution in [2.24, 2.45) is 0 Å². The fourth-order valence-electron chi connectivity index (χ4n) is 3.68. The molecule has 0 aromatic heterocycles. The second kappa shape index (κ2) is 9.79. The Morgan fingerprint density at radius 1 is 0.920 bits per heavy atom. The average molecular weight is 450 g/mol. The van der Waals surface area contributed by atoms with Gasteiger partial charge in [0.1, 0.15) is 0 Å². The Morgan fingerprint density at radius 3 is 2.44 bits per heavy atom. The molecule has 1 aliphatic rings. The van der Waals surface area contributed by atoms with Crippen LogP contribution in [-0.2, 0) is 26.2 Å². The van der Waals surface area contributed by atoms with E-state index in [4.69, 9.17) is 0 Å². The maximum atomic E-state index is 9.20. The summed E-state index contributed by atoms with van der Waals surface area (Å²) in [5.74, 6) is 0.336. The largest absolute Gasteiger partial charge is 3.00 e. The van der Waals surface area contributed by atoms with E-state index in [0.717, 1.165) is 12.8 Å². The molecule has 1 atom stereocenters. The van der Waals surface area contributed by atoms with Crippen LogP contribution in [0, 0.1) is 0 Å². The molecule has 1 nitrogen and oxygen atoms in total. The van der Waals surface area contributed by atoms with E-state index < -0.39 is 0 Å². The average Bonchev–Trinajstić information content (AvgIpc) is 3.13. The van der Waals surface area contributed by atoms with Crippen LogP contribution in [-0.4, -0.2) is 11.7 Å². The van der Waals surface area contributed by atoms with Gasteiger partial charge < -0.3 is 29.9 Å². The molecule has 0 amide bonds. The van der Waals surface area contributed by atoms with Crippen molar-refractivity contribution in [1.29, 1.82) is 0 Å². The first-order valence-electron chi connectivity index (χ1n) is 7.93. The monoisotopic (exact) mass is 447 g/mol. The number of aliphatic hydroxyl groups is 1. The smallest absolute Gasteiger partial charge is 1.00 e. The van der Waals surface area contributed by atoms with Crippen LogP contribution in [0.4, 0.5) is 0 Å². The van der Waals surface area contributed by atoms with Crippen molar-refractivity contribution >= 4 is 16.8 Å². The summed E-state index contributed by atoms with van der Waals surface area (Å²) in [6.07, 6.45) is 4.10. The van der Waals surface area contributed by atoms with Crippen molar-refractivity contribution in [3.05, 3.63) is 82.9 Å². The van der Waals surface area contributed by atoms with Crippen LogP contribution in [0.2, 0.25) is 0 Å². The number of aliphatic hydroxyl groups excluding tert-OH is 1. The molecule has 0 bridgehead atoms. The standard InChI is InChI=1S/C21H19O.2ClH.Zr/c22-13-5-8-17-14-16-7-2-4-10-19(16)21(17)20-12-11-15-6-1-3-9-18(15)20;;;/h1-4,6-7,9-12,14,21-22H,5,8,13H2;2*1H;/q-1;;;+3/p-2. The van der Waals surface area contributed by atoms with E-state index in [0.29, 0.717) is 5.92 Å². The Kier molecular flexibility index (Phi) is 8.71. The quantitative estimate of drug-likeness (QED) is 0.500. The molecule has 3 aromatic rings. The van der Waals surface area contributed by atoms with Gasteiger partial charge in [-0.3, -0.25) is 0 Å². The van der Waals surface area contributed by atoms with Gasteiger partial charge in [-0.15, -0.1) is 40.6 Å². The molecule has 0 spiro atoms. The molecule has 1 unspecified atom stereocenters. The molecule has 0 fully saturated rings. The summed E-state index contributed by atoms with van der Waals surface area (Å²) in [7, 11) is 0. The maximum absolute atomic E-state index is 9.20. The molecule has 0 saturated heterocycles. The van der Waals surface area contributed by atoms with Crippen LogP contribution in [0.5, 0.6) is 0 Å². The van der Waals surface area contributed by atoms with Gasteiger partial charge in [0.05, 0.1) is 0 Å². The summed E-state index contributed by atoms with van der Waals surface area (Å²) in [6.45, 7) is 0.252. The van der Waals surface area contributed by atoms with E-state index in [1.54, 1.807) is 0 Å². The van der Waals surface area contributed by atoms with Crippen LogP contribution in [0.25, 0.3) is 16.8 Å². The zero-order valence-corrected chi connectivity index (χ0v) is 17.7. The number of hydrogen-bond acceptors (Lipinski definition) is 1. The number of rotatable bonds is 4. The summed E-state index contributed by atoms with van der Waals surface area (Å²) in [6, 6.07) is 21.8. The van der Waals surface area contributed by atoms with E-state index in [1.807, 2.05) is 0 Å². The van der Waals surface area contributed by atoms with Gasteiger partial charge in [0, 0.05) is 6.61 Å². The molecule has 0 aliphatic heterocycles. The van der Waals surface area contributed by atoms with Gasteiger partial charge in [0.25, 0.3) is 0 Å². The summed E-state index contributed by atoms with van der Waals surface area (Å²) in [5, 5.41) is 11.9. The topological polar surface area (TPSA) is 20.2 Å². The minimum atomic E-state index is 0. The first-order valence-corrected chi connectivity index (χ1v) is 7.93. The van der Waals surface area contributed by atoms with Gasteiger partial charge in [-0.2, -0.15) is 6.07 Å². The molecule has 1 N–H and O–H groups in total. The number of benzene rings is 2. The number of allylic oxidation sites excluding steroid dienone is 1. The molecule has 3 aromatic carbocycles. The normalized spacial score (nSPS) is 14.8. The van der Waals surface area contributed by atoms with Gasteiger partial charge in [0.15, 0.2) is 0 Å². The van der Waals surface area contributed by atoms with Crippen molar-refractivity contribution in [2.45, 2.75) is 18.8 Å². The number of halogens is 2. The molecule has 4 heteroatoms. The van der Waals surface area contributed by atoms with Crippen LogP contribution >= 0.6 is 0 Å². The summed E-state index contributed by atoms with van der Waals surface area (Å²) < 4.78 is 0. The molecule has 0 heterocycles. The minimum Gasteiger partial charge on any atom is -1.00 e. The Hall–Kier alpha value is -0.787. The molecule has 1 radical (unpaired) electrons. The number of fused-ring (bicyclic) bond motifs is 2. The van der Waals surface area contributed by atoms with Crippen molar-refractivity contribution in [1.82, 2.24) is 0 Å². The van der Waals surface area contributed by atoms with Gasteiger partial charge in [-0.05, 0) is 29.9 Å². The summed E-state index contributed by atoms with van der Waals surface area (Å²) in [5.41, 5.74) is 5.54. The SMILES string of the molecule is OCCCC1=Cc2ccccc2C1[c-]1ccc2ccccc21.[Cl-].[Cl-].[Zr+3]. The maximum Gasteiger partial charge on any atom is 3.00 e. The predicted octanol–water partition coefficient (Wildman–Crippen LogP) is -1.13. The van der Waals surface area contributed by atoms with Gasteiger partial charge in [0.2, 0.25) is 0 Å². The van der Waals surface area contributed by atoms with E-state index in [-0.39, 0.29) is 57.6 Å². The molecular weight excluding hydrogens is 430 g/mol. The summed E-state index contributed by atoms with van der Waals surface area (Å²) in [4.78, 5) is 0. The Labute approximate surface area is 180 Å². The third kappa shape index (κ3) is 4.14. The first-order chi connectivity index (χ1) is 10.9. The van der Waals surface area contributed by atoms with Crippen molar-refractivity contribution in [3.63, 3.8) is 0 Å². The van der Waals surface area contributed by atoms with E-state index in [1.165, 1.54) is 33.0 Å². The summed E-state index contributed by atoms with van der Waals surface area (Å²) >= 11 is 0. The molecule has 0 saturated carbocycles. The first kappa shape index (κ1) is 22.3. The fraction of sp³-hybridized carbons (Fsp3) is 0.190. The predicted molar refractivity (Wildman–Crippen MR) is 92.1 cm³/mol. The third-order valence-corrected chi connectivity index (χ3v) is 4.67. The molecule has 4 rings (SSSR count). The zero-order chi connectivity index (χ0) is 14.9. The van der Waals surface area contributed by atoms with Crippen LogP contribution in [0.15, 0.2) is 66.2 Å². The Morgan fingerprint density at radius 2 is 1.64 bits per heavy atom. The molecule has 1 aliphatic carbocycles. The second-order valence-corrected chi connectivity index (χ2v) is 5.98. The Balaban J connectivity index is 0.00000104. The molecular formula is C21H19Cl2OZr. The van der Waals surface area contributed by atoms with Crippen LogP contribution < -0.4 is 24.8 Å². The van der Waals surface area contributed by atoms with Crippen molar-refractivity contribution in [2.75, 3.05) is 6.61 Å². The number of hydrogen-bond donors (Lipinski definition) is 1. The Bertz CT molecular complexity index is 854. The molecule has 127 valence electrons. The third-order valence-electron chi connectivity index (χ3n) is 4.67. The van der Waals surface area contributed by atoms with Gasteiger partial charge in [-0.25, -0.2) is 0 Å². The van der Waals surface area contributed by atoms with Crippen LogP contribution in [0.3, 0.4) is 0 Å². The van der Waals surface area contributed by atoms with Crippen molar-refractivity contribution < 1.29 is 56.1 Å². The van der Waals surface area contributed by atoms with Gasteiger partial charge in [-0.1, -0.05) is 42.0 Å². The minimum absolute atomic E-state index is 0. The van der Waals surface area contributed by atoms with E-state index >= 15 is 0 Å². The van der Waals surface area contributed by atoms with Gasteiger partial charge >= 0.3 is 26.2 Å². The molecule has 25 heavy (non-hydrogen) atoms. The fourth-order valence-corrected chi connectivity index (χ4v) is 3.68. The van der Waals surface area contributed by atoms with E-state index in [2.05, 4.69) is 66.7 Å².